The number of nitrogens with one attached hydrogen (secondary N) is 1. The molecule has 0 bridgehead atoms. The lowest BCUT2D eigenvalue weighted by Gasteiger charge is -2.05. The van der Waals surface area contributed by atoms with Crippen molar-refractivity contribution in [1.82, 2.24) is 15.0 Å². The average molecular weight is 435 g/mol. The molecule has 0 spiro atoms. The maximum atomic E-state index is 12.4. The van der Waals surface area contributed by atoms with Crippen molar-refractivity contribution >= 4 is 38.6 Å². The first-order chi connectivity index (χ1) is 13.5. The highest BCUT2D eigenvalue weighted by atomic mass is 79.9. The lowest BCUT2D eigenvalue weighted by Crippen LogP contribution is -2.11. The van der Waals surface area contributed by atoms with Gasteiger partial charge in [0.05, 0.1) is 5.69 Å². The summed E-state index contributed by atoms with van der Waals surface area (Å²) in [5.74, 6) is 0.319. The largest absolute Gasteiger partial charge is 0.322 e. The van der Waals surface area contributed by atoms with Crippen LogP contribution in [0.4, 0.5) is 5.69 Å². The van der Waals surface area contributed by atoms with E-state index >= 15 is 0 Å². The van der Waals surface area contributed by atoms with Crippen molar-refractivity contribution in [3.8, 4) is 5.69 Å². The molecule has 0 aliphatic heterocycles. The summed E-state index contributed by atoms with van der Waals surface area (Å²) in [6, 6.07) is 21.0. The molecule has 3 aromatic carbocycles. The molecule has 4 aromatic rings. The minimum atomic E-state index is -0.163. The molecule has 0 fully saturated rings. The predicted octanol–water partition coefficient (Wildman–Crippen LogP) is 5.56. The number of amides is 1. The first-order valence-corrected chi connectivity index (χ1v) is 9.83. The van der Waals surface area contributed by atoms with Crippen LogP contribution >= 0.6 is 15.9 Å². The van der Waals surface area contributed by atoms with E-state index in [0.717, 1.165) is 21.2 Å². The number of anilines is 1. The second kappa shape index (κ2) is 7.56. The van der Waals surface area contributed by atoms with E-state index in [1.807, 2.05) is 42.5 Å². The Morgan fingerprint density at radius 1 is 0.929 bits per heavy atom. The zero-order valence-corrected chi connectivity index (χ0v) is 17.1. The van der Waals surface area contributed by atoms with E-state index in [0.29, 0.717) is 17.2 Å². The quantitative estimate of drug-likeness (QED) is 0.457. The molecule has 0 aliphatic carbocycles. The second-order valence-corrected chi connectivity index (χ2v) is 7.82. The maximum absolute atomic E-state index is 12.4. The van der Waals surface area contributed by atoms with Gasteiger partial charge in [0.15, 0.2) is 0 Å². The lowest BCUT2D eigenvalue weighted by molar-refractivity contribution is 0.102. The molecule has 4 rings (SSSR count). The van der Waals surface area contributed by atoms with Crippen LogP contribution in [-0.2, 0) is 0 Å². The molecular weight excluding hydrogens is 416 g/mol. The molecule has 1 amide bonds. The second-order valence-electron chi connectivity index (χ2n) is 6.90. The van der Waals surface area contributed by atoms with Gasteiger partial charge in [0, 0.05) is 15.7 Å². The summed E-state index contributed by atoms with van der Waals surface area (Å²) < 4.78 is 0.934. The Balaban J connectivity index is 1.57. The molecule has 0 aliphatic rings. The van der Waals surface area contributed by atoms with Crippen molar-refractivity contribution < 1.29 is 4.79 Å². The van der Waals surface area contributed by atoms with Gasteiger partial charge >= 0.3 is 0 Å². The smallest absolute Gasteiger partial charge is 0.255 e. The number of fused-ring (bicyclic) bond motifs is 1. The molecule has 6 heteroatoms. The van der Waals surface area contributed by atoms with Gasteiger partial charge in [-0.25, -0.2) is 0 Å². The van der Waals surface area contributed by atoms with E-state index in [9.17, 15) is 4.79 Å². The van der Waals surface area contributed by atoms with Crippen molar-refractivity contribution in [3.63, 3.8) is 0 Å². The molecule has 28 heavy (non-hydrogen) atoms. The van der Waals surface area contributed by atoms with E-state index in [4.69, 9.17) is 0 Å². The normalized spacial score (nSPS) is 11.1. The summed E-state index contributed by atoms with van der Waals surface area (Å²) in [7, 11) is 0. The summed E-state index contributed by atoms with van der Waals surface area (Å²) in [5.41, 5.74) is 4.95. The number of nitrogens with zero attached hydrogens (tertiary/aromatic N) is 3. The first-order valence-electron chi connectivity index (χ1n) is 9.04. The van der Waals surface area contributed by atoms with Gasteiger partial charge in [-0.3, -0.25) is 4.79 Å². The van der Waals surface area contributed by atoms with Crippen LogP contribution in [0.25, 0.3) is 16.7 Å². The topological polar surface area (TPSA) is 59.8 Å². The van der Waals surface area contributed by atoms with Gasteiger partial charge in [-0.2, -0.15) is 4.80 Å². The number of benzene rings is 3. The molecule has 1 heterocycles. The minimum absolute atomic E-state index is 0.163. The number of carbonyl (C=O) groups is 1. The molecule has 0 atom stereocenters. The Kier molecular flexibility index (Phi) is 4.96. The summed E-state index contributed by atoms with van der Waals surface area (Å²) >= 11 is 3.37. The van der Waals surface area contributed by atoms with Crippen molar-refractivity contribution in [1.29, 1.82) is 0 Å². The molecule has 140 valence electrons. The van der Waals surface area contributed by atoms with Crippen LogP contribution in [0, 0.1) is 0 Å². The number of aromatic nitrogens is 3. The van der Waals surface area contributed by atoms with Crippen LogP contribution in [0.2, 0.25) is 0 Å². The first kappa shape index (κ1) is 18.4. The monoisotopic (exact) mass is 434 g/mol. The SMILES string of the molecule is CC(C)c1ccc(-n2nc3ccc(NC(=O)c4ccc(Br)cc4)cc3n2)cc1. The standard InChI is InChI=1S/C22H19BrN4O/c1-14(2)15-5-10-19(11-6-15)27-25-20-12-9-18(13-21(20)26-27)24-22(28)16-3-7-17(23)8-4-16/h3-14H,1-2H3,(H,24,28). The van der Waals surface area contributed by atoms with Crippen molar-refractivity contribution in [3.05, 3.63) is 82.3 Å². The van der Waals surface area contributed by atoms with Gasteiger partial charge in [0.1, 0.15) is 11.0 Å². The Morgan fingerprint density at radius 2 is 1.61 bits per heavy atom. The van der Waals surface area contributed by atoms with Crippen LogP contribution < -0.4 is 5.32 Å². The van der Waals surface area contributed by atoms with Gasteiger partial charge in [-0.05, 0) is 66.1 Å². The lowest BCUT2D eigenvalue weighted by atomic mass is 10.0. The van der Waals surface area contributed by atoms with E-state index in [2.05, 4.69) is 57.4 Å². The Hall–Kier alpha value is -2.99. The summed E-state index contributed by atoms with van der Waals surface area (Å²) in [4.78, 5) is 14.0. The predicted molar refractivity (Wildman–Crippen MR) is 115 cm³/mol. The van der Waals surface area contributed by atoms with Crippen LogP contribution in [0.15, 0.2) is 71.2 Å². The van der Waals surface area contributed by atoms with Gasteiger partial charge in [0.25, 0.3) is 5.91 Å². The summed E-state index contributed by atoms with van der Waals surface area (Å²) in [5, 5.41) is 12.0. The van der Waals surface area contributed by atoms with Gasteiger partial charge in [0.2, 0.25) is 0 Å². The molecule has 0 saturated heterocycles. The third-order valence-corrected chi connectivity index (χ3v) is 5.06. The number of rotatable bonds is 4. The molecule has 0 saturated carbocycles. The van der Waals surface area contributed by atoms with Crippen LogP contribution in [0.5, 0.6) is 0 Å². The van der Waals surface area contributed by atoms with Gasteiger partial charge < -0.3 is 5.32 Å². The highest BCUT2D eigenvalue weighted by molar-refractivity contribution is 9.10. The highest BCUT2D eigenvalue weighted by Gasteiger charge is 2.09. The van der Waals surface area contributed by atoms with Crippen LogP contribution in [0.3, 0.4) is 0 Å². The molecule has 0 unspecified atom stereocenters. The number of carbonyl (C=O) groups excluding carboxylic acids is 1. The Morgan fingerprint density at radius 3 is 2.29 bits per heavy atom. The molecular formula is C22H19BrN4O. The number of hydrogen-bond donors (Lipinski definition) is 1. The van der Waals surface area contributed by atoms with E-state index in [-0.39, 0.29) is 5.91 Å². The fourth-order valence-corrected chi connectivity index (χ4v) is 3.17. The molecule has 1 aromatic heterocycles. The van der Waals surface area contributed by atoms with E-state index in [1.54, 1.807) is 16.9 Å². The third kappa shape index (κ3) is 3.82. The van der Waals surface area contributed by atoms with Crippen molar-refractivity contribution in [2.45, 2.75) is 19.8 Å². The highest BCUT2D eigenvalue weighted by Crippen LogP contribution is 2.20. The van der Waals surface area contributed by atoms with Gasteiger partial charge in [-0.15, -0.1) is 10.2 Å². The summed E-state index contributed by atoms with van der Waals surface area (Å²) in [6.07, 6.45) is 0. The molecule has 1 N–H and O–H groups in total. The van der Waals surface area contributed by atoms with E-state index in [1.165, 1.54) is 5.56 Å². The Labute approximate surface area is 171 Å². The van der Waals surface area contributed by atoms with E-state index < -0.39 is 0 Å². The van der Waals surface area contributed by atoms with Crippen LogP contribution in [0.1, 0.15) is 35.7 Å². The fourth-order valence-electron chi connectivity index (χ4n) is 2.90. The van der Waals surface area contributed by atoms with Gasteiger partial charge in [-0.1, -0.05) is 41.9 Å². The zero-order valence-electron chi connectivity index (χ0n) is 15.6. The van der Waals surface area contributed by atoms with Crippen molar-refractivity contribution in [2.24, 2.45) is 0 Å². The number of hydrogen-bond acceptors (Lipinski definition) is 3. The fraction of sp³-hybridized carbons (Fsp3) is 0.136. The number of halogens is 1. The molecule has 5 nitrogen and oxygen atoms in total. The Bertz CT molecular complexity index is 1130. The summed E-state index contributed by atoms with van der Waals surface area (Å²) in [6.45, 7) is 4.33. The maximum Gasteiger partial charge on any atom is 0.255 e. The van der Waals surface area contributed by atoms with Crippen LogP contribution in [-0.4, -0.2) is 20.9 Å². The minimum Gasteiger partial charge on any atom is -0.322 e. The average Bonchev–Trinajstić information content (AvgIpc) is 3.12. The zero-order chi connectivity index (χ0) is 19.7. The molecule has 0 radical (unpaired) electrons. The van der Waals surface area contributed by atoms with Crippen molar-refractivity contribution in [2.75, 3.05) is 5.32 Å². The third-order valence-electron chi connectivity index (χ3n) is 4.54.